The first-order valence-electron chi connectivity index (χ1n) is 8.35. The van der Waals surface area contributed by atoms with E-state index >= 15 is 0 Å². The van der Waals surface area contributed by atoms with Crippen molar-refractivity contribution in [2.45, 2.75) is 6.92 Å². The molecule has 6 heteroatoms. The third-order valence-corrected chi connectivity index (χ3v) is 4.23. The van der Waals surface area contributed by atoms with E-state index in [1.807, 2.05) is 36.4 Å². The van der Waals surface area contributed by atoms with Crippen molar-refractivity contribution in [2.75, 3.05) is 39.5 Å². The molecule has 0 spiro atoms. The molecule has 130 valence electrons. The number of hydrogen-bond donors (Lipinski definition) is 1. The molecular formula is C19H21N3O3. The minimum Gasteiger partial charge on any atom is -0.492 e. The SMILES string of the molecule is Cc1cc(-c2ccc(OCCN3CCOCC3)cc2)c(C#N)c(=O)[nH]1. The maximum absolute atomic E-state index is 11.9. The quantitative estimate of drug-likeness (QED) is 0.900. The molecule has 1 N–H and O–H groups in total. The second-order valence-corrected chi connectivity index (χ2v) is 6.01. The summed E-state index contributed by atoms with van der Waals surface area (Å²) in [4.78, 5) is 16.9. The second kappa shape index (κ2) is 7.97. The molecule has 0 saturated carbocycles. The summed E-state index contributed by atoms with van der Waals surface area (Å²) >= 11 is 0. The van der Waals surface area contributed by atoms with Gasteiger partial charge in [0.1, 0.15) is 24.0 Å². The zero-order valence-corrected chi connectivity index (χ0v) is 14.2. The average molecular weight is 339 g/mol. The van der Waals surface area contributed by atoms with Crippen LogP contribution in [0.4, 0.5) is 0 Å². The van der Waals surface area contributed by atoms with Crippen LogP contribution in [-0.4, -0.2) is 49.3 Å². The molecule has 6 nitrogen and oxygen atoms in total. The highest BCUT2D eigenvalue weighted by Gasteiger charge is 2.11. The van der Waals surface area contributed by atoms with Crippen LogP contribution in [0.15, 0.2) is 35.1 Å². The number of nitriles is 1. The molecule has 0 atom stereocenters. The van der Waals surface area contributed by atoms with Crippen molar-refractivity contribution >= 4 is 0 Å². The molecule has 1 aromatic heterocycles. The van der Waals surface area contributed by atoms with Crippen LogP contribution in [0.25, 0.3) is 11.1 Å². The van der Waals surface area contributed by atoms with Crippen molar-refractivity contribution in [3.05, 3.63) is 51.9 Å². The van der Waals surface area contributed by atoms with Gasteiger partial charge in [0.25, 0.3) is 5.56 Å². The fourth-order valence-corrected chi connectivity index (χ4v) is 2.88. The van der Waals surface area contributed by atoms with Crippen molar-refractivity contribution < 1.29 is 9.47 Å². The van der Waals surface area contributed by atoms with Crippen LogP contribution in [0.2, 0.25) is 0 Å². The van der Waals surface area contributed by atoms with E-state index in [1.165, 1.54) is 0 Å². The van der Waals surface area contributed by atoms with Crippen LogP contribution >= 0.6 is 0 Å². The number of benzene rings is 1. The molecule has 0 bridgehead atoms. The zero-order chi connectivity index (χ0) is 17.6. The Morgan fingerprint density at radius 3 is 2.68 bits per heavy atom. The molecule has 0 amide bonds. The largest absolute Gasteiger partial charge is 0.492 e. The van der Waals surface area contributed by atoms with Gasteiger partial charge in [-0.3, -0.25) is 9.69 Å². The van der Waals surface area contributed by atoms with Crippen molar-refractivity contribution in [3.8, 4) is 22.9 Å². The molecule has 1 saturated heterocycles. The molecule has 1 aromatic carbocycles. The summed E-state index contributed by atoms with van der Waals surface area (Å²) in [5.41, 5.74) is 1.97. The fourth-order valence-electron chi connectivity index (χ4n) is 2.88. The standard InChI is InChI=1S/C19H21N3O3/c1-14-12-17(18(13-20)19(23)21-14)15-2-4-16(5-3-15)25-11-8-22-6-9-24-10-7-22/h2-5,12H,6-11H2,1H3,(H,21,23). The topological polar surface area (TPSA) is 78.3 Å². The number of hydrogen-bond acceptors (Lipinski definition) is 5. The number of nitrogens with one attached hydrogen (secondary N) is 1. The smallest absolute Gasteiger partial charge is 0.266 e. The van der Waals surface area contributed by atoms with Gasteiger partial charge in [-0.15, -0.1) is 0 Å². The fraction of sp³-hybridized carbons (Fsp3) is 0.368. The third kappa shape index (κ3) is 4.27. The number of aryl methyl sites for hydroxylation is 1. The van der Waals surface area contributed by atoms with Gasteiger partial charge in [0.15, 0.2) is 0 Å². The van der Waals surface area contributed by atoms with E-state index in [-0.39, 0.29) is 11.1 Å². The Morgan fingerprint density at radius 1 is 1.28 bits per heavy atom. The lowest BCUT2D eigenvalue weighted by Gasteiger charge is -2.26. The van der Waals surface area contributed by atoms with Crippen LogP contribution in [0.5, 0.6) is 5.75 Å². The highest BCUT2D eigenvalue weighted by atomic mass is 16.5. The predicted octanol–water partition coefficient (Wildman–Crippen LogP) is 1.93. The first-order chi connectivity index (χ1) is 12.2. The van der Waals surface area contributed by atoms with Crippen molar-refractivity contribution in [1.29, 1.82) is 5.26 Å². The van der Waals surface area contributed by atoms with Crippen molar-refractivity contribution in [2.24, 2.45) is 0 Å². The number of morpholine rings is 1. The summed E-state index contributed by atoms with van der Waals surface area (Å²) < 4.78 is 11.1. The number of nitrogens with zero attached hydrogens (tertiary/aromatic N) is 2. The van der Waals surface area contributed by atoms with E-state index in [2.05, 4.69) is 9.88 Å². The van der Waals surface area contributed by atoms with Crippen LogP contribution in [-0.2, 0) is 4.74 Å². The number of aromatic nitrogens is 1. The van der Waals surface area contributed by atoms with Gasteiger partial charge in [0, 0.05) is 30.9 Å². The Hall–Kier alpha value is -2.62. The number of ether oxygens (including phenoxy) is 2. The summed E-state index contributed by atoms with van der Waals surface area (Å²) in [7, 11) is 0. The molecule has 0 aliphatic carbocycles. The van der Waals surface area contributed by atoms with E-state index in [1.54, 1.807) is 6.92 Å². The summed E-state index contributed by atoms with van der Waals surface area (Å²) in [6.45, 7) is 6.75. The Morgan fingerprint density at radius 2 is 2.00 bits per heavy atom. The van der Waals surface area contributed by atoms with Crippen LogP contribution < -0.4 is 10.3 Å². The first-order valence-corrected chi connectivity index (χ1v) is 8.35. The van der Waals surface area contributed by atoms with Crippen LogP contribution in [0, 0.1) is 18.3 Å². The van der Waals surface area contributed by atoms with Gasteiger partial charge in [0.05, 0.1) is 13.2 Å². The van der Waals surface area contributed by atoms with E-state index < -0.39 is 0 Å². The number of H-pyrrole nitrogens is 1. The minimum atomic E-state index is -0.358. The molecule has 0 unspecified atom stereocenters. The lowest BCUT2D eigenvalue weighted by molar-refractivity contribution is 0.0322. The number of aromatic amines is 1. The Bertz CT molecular complexity index is 815. The van der Waals surface area contributed by atoms with Gasteiger partial charge in [-0.25, -0.2) is 0 Å². The second-order valence-electron chi connectivity index (χ2n) is 6.01. The summed E-state index contributed by atoms with van der Waals surface area (Å²) in [6.07, 6.45) is 0. The van der Waals surface area contributed by atoms with Crippen molar-refractivity contribution in [3.63, 3.8) is 0 Å². The van der Waals surface area contributed by atoms with Gasteiger partial charge in [-0.05, 0) is 30.7 Å². The van der Waals surface area contributed by atoms with Gasteiger partial charge in [-0.2, -0.15) is 5.26 Å². The van der Waals surface area contributed by atoms with Gasteiger partial charge >= 0.3 is 0 Å². The third-order valence-electron chi connectivity index (χ3n) is 4.23. The Labute approximate surface area is 146 Å². The van der Waals surface area contributed by atoms with Gasteiger partial charge in [0.2, 0.25) is 0 Å². The highest BCUT2D eigenvalue weighted by molar-refractivity contribution is 5.70. The highest BCUT2D eigenvalue weighted by Crippen LogP contribution is 2.24. The number of pyridine rings is 1. The summed E-state index contributed by atoms with van der Waals surface area (Å²) in [6, 6.07) is 11.3. The lowest BCUT2D eigenvalue weighted by Crippen LogP contribution is -2.38. The number of rotatable bonds is 5. The average Bonchev–Trinajstić information content (AvgIpc) is 2.63. The molecular weight excluding hydrogens is 318 g/mol. The van der Waals surface area contributed by atoms with Crippen LogP contribution in [0.3, 0.4) is 0 Å². The zero-order valence-electron chi connectivity index (χ0n) is 14.2. The monoisotopic (exact) mass is 339 g/mol. The predicted molar refractivity (Wildman–Crippen MR) is 94.7 cm³/mol. The molecule has 1 fully saturated rings. The van der Waals surface area contributed by atoms with Crippen molar-refractivity contribution in [1.82, 2.24) is 9.88 Å². The van der Waals surface area contributed by atoms with E-state index in [0.717, 1.165) is 49.9 Å². The minimum absolute atomic E-state index is 0.131. The van der Waals surface area contributed by atoms with E-state index in [9.17, 15) is 10.1 Å². The maximum atomic E-state index is 11.9. The molecule has 3 rings (SSSR count). The lowest BCUT2D eigenvalue weighted by atomic mass is 10.0. The molecule has 2 heterocycles. The van der Waals surface area contributed by atoms with E-state index in [0.29, 0.717) is 12.2 Å². The van der Waals surface area contributed by atoms with E-state index in [4.69, 9.17) is 9.47 Å². The normalized spacial score (nSPS) is 14.9. The Kier molecular flexibility index (Phi) is 5.49. The molecule has 0 radical (unpaired) electrons. The summed E-state index contributed by atoms with van der Waals surface area (Å²) in [5, 5.41) is 9.24. The van der Waals surface area contributed by atoms with Crippen LogP contribution in [0.1, 0.15) is 11.3 Å². The van der Waals surface area contributed by atoms with Gasteiger partial charge in [-0.1, -0.05) is 12.1 Å². The summed E-state index contributed by atoms with van der Waals surface area (Å²) in [5.74, 6) is 0.775. The molecule has 1 aliphatic rings. The Balaban J connectivity index is 1.66. The molecule has 2 aromatic rings. The van der Waals surface area contributed by atoms with Gasteiger partial charge < -0.3 is 14.5 Å². The molecule has 1 aliphatic heterocycles. The first kappa shape index (κ1) is 17.2. The maximum Gasteiger partial charge on any atom is 0.266 e. The molecule has 25 heavy (non-hydrogen) atoms.